The van der Waals surface area contributed by atoms with Gasteiger partial charge in [-0.1, -0.05) is 213 Å². The number of carbonyl (C=O) groups is 3. The average Bonchev–Trinajstić information content (AvgIpc) is 3.33. The van der Waals surface area contributed by atoms with E-state index in [0.717, 1.165) is 128 Å². The minimum atomic E-state index is -0.824. The third-order valence-corrected chi connectivity index (χ3v) is 10.9. The zero-order chi connectivity index (χ0) is 48.6. The fourth-order valence-electron chi connectivity index (χ4n) is 6.95. The number of hydrogen-bond acceptors (Lipinski definition) is 6. The third-order valence-electron chi connectivity index (χ3n) is 10.9. The van der Waals surface area contributed by atoms with E-state index in [2.05, 4.69) is 130 Å². The number of hydrogen-bond donors (Lipinski definition) is 0. The van der Waals surface area contributed by atoms with Crippen LogP contribution in [0.5, 0.6) is 0 Å². The maximum absolute atomic E-state index is 12.8. The SMILES string of the molecule is CC/C=C\C/C=C\C/C=C\C/C=C\C/C=C\C/C=C\CCC(=O)OC[C@@H](COC(=O)CCCCCCC/C=C\CCCCCCCC)OC(=O)CCCCCCC/C=C\C/C=C\C/C=C\CC. The predicted molar refractivity (Wildman–Crippen MR) is 288 cm³/mol. The van der Waals surface area contributed by atoms with E-state index in [-0.39, 0.29) is 44.0 Å². The lowest BCUT2D eigenvalue weighted by molar-refractivity contribution is -0.166. The van der Waals surface area contributed by atoms with Crippen molar-refractivity contribution in [2.24, 2.45) is 0 Å². The number of rotatable bonds is 47. The first-order valence-electron chi connectivity index (χ1n) is 27.0. The van der Waals surface area contributed by atoms with Gasteiger partial charge in [-0.3, -0.25) is 14.4 Å². The quantitative estimate of drug-likeness (QED) is 0.0262. The summed E-state index contributed by atoms with van der Waals surface area (Å²) in [5.41, 5.74) is 0. The van der Waals surface area contributed by atoms with Crippen molar-refractivity contribution in [1.82, 2.24) is 0 Å². The van der Waals surface area contributed by atoms with Gasteiger partial charge in [-0.05, 0) is 116 Å². The highest BCUT2D eigenvalue weighted by Crippen LogP contribution is 2.13. The molecular weight excluding hydrogens is 829 g/mol. The second-order valence-electron chi connectivity index (χ2n) is 17.4. The summed E-state index contributed by atoms with van der Waals surface area (Å²) >= 11 is 0. The fourth-order valence-corrected chi connectivity index (χ4v) is 6.95. The second kappa shape index (κ2) is 54.4. The monoisotopic (exact) mass is 927 g/mol. The van der Waals surface area contributed by atoms with E-state index in [0.29, 0.717) is 12.8 Å². The average molecular weight is 927 g/mol. The molecule has 6 nitrogen and oxygen atoms in total. The van der Waals surface area contributed by atoms with E-state index in [4.69, 9.17) is 14.2 Å². The molecule has 0 N–H and O–H groups in total. The highest BCUT2D eigenvalue weighted by Gasteiger charge is 2.19. The Labute approximate surface area is 412 Å². The smallest absolute Gasteiger partial charge is 0.306 e. The number of allylic oxidation sites excluding steroid dienone is 20. The summed E-state index contributed by atoms with van der Waals surface area (Å²) in [4.78, 5) is 38.0. The predicted octanol–water partition coefficient (Wildman–Crippen LogP) is 18.1. The van der Waals surface area contributed by atoms with Crippen LogP contribution in [0.2, 0.25) is 0 Å². The Kier molecular flexibility index (Phi) is 51.0. The minimum absolute atomic E-state index is 0.116. The summed E-state index contributed by atoms with van der Waals surface area (Å²) in [6.45, 7) is 6.31. The van der Waals surface area contributed by atoms with Crippen molar-refractivity contribution >= 4 is 17.9 Å². The lowest BCUT2D eigenvalue weighted by Crippen LogP contribution is -2.30. The Bertz CT molecular complexity index is 1440. The van der Waals surface area contributed by atoms with Crippen molar-refractivity contribution in [3.8, 4) is 0 Å². The highest BCUT2D eigenvalue weighted by molar-refractivity contribution is 5.71. The molecule has 6 heteroatoms. The molecule has 0 fully saturated rings. The molecule has 0 aliphatic heterocycles. The molecule has 0 spiro atoms. The van der Waals surface area contributed by atoms with E-state index in [1.807, 2.05) is 12.2 Å². The zero-order valence-electron chi connectivity index (χ0n) is 43.1. The molecule has 0 saturated heterocycles. The van der Waals surface area contributed by atoms with Crippen molar-refractivity contribution in [2.45, 2.75) is 232 Å². The van der Waals surface area contributed by atoms with Crippen LogP contribution in [-0.4, -0.2) is 37.2 Å². The summed E-state index contributed by atoms with van der Waals surface area (Å²) in [6, 6.07) is 0. The maximum Gasteiger partial charge on any atom is 0.306 e. The minimum Gasteiger partial charge on any atom is -0.462 e. The van der Waals surface area contributed by atoms with Crippen molar-refractivity contribution in [2.75, 3.05) is 13.2 Å². The van der Waals surface area contributed by atoms with Gasteiger partial charge in [0.2, 0.25) is 0 Å². The molecule has 0 rings (SSSR count). The van der Waals surface area contributed by atoms with Gasteiger partial charge in [-0.15, -0.1) is 0 Å². The largest absolute Gasteiger partial charge is 0.462 e. The molecule has 0 aromatic rings. The van der Waals surface area contributed by atoms with Crippen molar-refractivity contribution in [3.63, 3.8) is 0 Å². The molecular formula is C61H98O6. The fraction of sp³-hybridized carbons (Fsp3) is 0.623. The zero-order valence-corrected chi connectivity index (χ0v) is 43.1. The molecule has 0 amide bonds. The molecule has 378 valence electrons. The number of ether oxygens (including phenoxy) is 3. The molecule has 1 atom stereocenters. The van der Waals surface area contributed by atoms with E-state index < -0.39 is 6.10 Å². The summed E-state index contributed by atoms with van der Waals surface area (Å²) in [5.74, 6) is -1.03. The topological polar surface area (TPSA) is 78.9 Å². The Morgan fingerprint density at radius 2 is 0.612 bits per heavy atom. The lowest BCUT2D eigenvalue weighted by atomic mass is 10.1. The molecule has 67 heavy (non-hydrogen) atoms. The van der Waals surface area contributed by atoms with Crippen LogP contribution in [0.4, 0.5) is 0 Å². The van der Waals surface area contributed by atoms with Gasteiger partial charge in [0.05, 0.1) is 0 Å². The van der Waals surface area contributed by atoms with Crippen molar-refractivity contribution in [1.29, 1.82) is 0 Å². The van der Waals surface area contributed by atoms with Crippen LogP contribution in [0.15, 0.2) is 122 Å². The molecule has 0 aliphatic rings. The van der Waals surface area contributed by atoms with Gasteiger partial charge in [0.15, 0.2) is 6.10 Å². The molecule has 0 saturated carbocycles. The maximum atomic E-state index is 12.8. The first-order chi connectivity index (χ1) is 33.0. The second-order valence-corrected chi connectivity index (χ2v) is 17.4. The van der Waals surface area contributed by atoms with Gasteiger partial charge < -0.3 is 14.2 Å². The molecule has 0 unspecified atom stereocenters. The van der Waals surface area contributed by atoms with Crippen LogP contribution in [0, 0.1) is 0 Å². The first kappa shape index (κ1) is 62.8. The Balaban J connectivity index is 4.56. The van der Waals surface area contributed by atoms with Crippen molar-refractivity contribution < 1.29 is 28.6 Å². The van der Waals surface area contributed by atoms with Gasteiger partial charge in [0, 0.05) is 19.3 Å². The molecule has 0 aliphatic carbocycles. The van der Waals surface area contributed by atoms with Gasteiger partial charge >= 0.3 is 17.9 Å². The molecule has 0 aromatic heterocycles. The van der Waals surface area contributed by atoms with E-state index in [1.54, 1.807) is 0 Å². The van der Waals surface area contributed by atoms with Gasteiger partial charge in [0.1, 0.15) is 13.2 Å². The molecule has 0 bridgehead atoms. The van der Waals surface area contributed by atoms with Crippen LogP contribution in [-0.2, 0) is 28.6 Å². The third kappa shape index (κ3) is 52.6. The molecule has 0 radical (unpaired) electrons. The van der Waals surface area contributed by atoms with Gasteiger partial charge in [-0.25, -0.2) is 0 Å². The van der Waals surface area contributed by atoms with Crippen LogP contribution >= 0.6 is 0 Å². The Morgan fingerprint density at radius 3 is 1.01 bits per heavy atom. The van der Waals surface area contributed by atoms with E-state index in [9.17, 15) is 14.4 Å². The normalized spacial score (nSPS) is 13.1. The Hall–Kier alpha value is -4.19. The van der Waals surface area contributed by atoms with Crippen LogP contribution < -0.4 is 0 Å². The standard InChI is InChI=1S/C61H98O6/c1-4-7-10-13-16-19-22-25-28-29-30-31-34-36-39-42-45-48-51-54-60(63)66-57-58(67-61(64)55-52-49-46-43-40-37-33-27-24-21-18-15-12-9-6-3)56-65-59(62)53-50-47-44-41-38-35-32-26-23-20-17-14-11-8-5-2/h7,9-10,12,16,18-19,21,25-28,30-33,36,39,45,48,58H,4-6,8,11,13-15,17,20,22-24,29,34-35,37-38,40-44,46-47,49-57H2,1-3H3/b10-7-,12-9-,19-16-,21-18-,28-25-,31-30-,32-26-,33-27-,39-36-,48-45-/t58-/m1/s1. The number of esters is 3. The summed E-state index contributed by atoms with van der Waals surface area (Å²) in [6.07, 6.45) is 74.8. The van der Waals surface area contributed by atoms with Crippen molar-refractivity contribution in [3.05, 3.63) is 122 Å². The molecule has 0 heterocycles. The lowest BCUT2D eigenvalue weighted by Gasteiger charge is -2.18. The highest BCUT2D eigenvalue weighted by atomic mass is 16.6. The van der Waals surface area contributed by atoms with E-state index >= 15 is 0 Å². The summed E-state index contributed by atoms with van der Waals surface area (Å²) < 4.78 is 16.7. The van der Waals surface area contributed by atoms with Gasteiger partial charge in [0.25, 0.3) is 0 Å². The number of carbonyl (C=O) groups excluding carboxylic acids is 3. The van der Waals surface area contributed by atoms with Crippen LogP contribution in [0.1, 0.15) is 226 Å². The van der Waals surface area contributed by atoms with E-state index in [1.165, 1.54) is 51.4 Å². The first-order valence-corrected chi connectivity index (χ1v) is 27.0. The van der Waals surface area contributed by atoms with Crippen LogP contribution in [0.25, 0.3) is 0 Å². The summed E-state index contributed by atoms with van der Waals surface area (Å²) in [5, 5.41) is 0. The van der Waals surface area contributed by atoms with Gasteiger partial charge in [-0.2, -0.15) is 0 Å². The number of unbranched alkanes of at least 4 members (excludes halogenated alkanes) is 16. The Morgan fingerprint density at radius 1 is 0.313 bits per heavy atom. The van der Waals surface area contributed by atoms with Crippen LogP contribution in [0.3, 0.4) is 0 Å². The summed E-state index contributed by atoms with van der Waals surface area (Å²) in [7, 11) is 0. The molecule has 0 aromatic carbocycles.